The van der Waals surface area contributed by atoms with E-state index in [1.54, 1.807) is 17.5 Å². The summed E-state index contributed by atoms with van der Waals surface area (Å²) in [4.78, 5) is 8.33. The minimum absolute atomic E-state index is 0.491. The van der Waals surface area contributed by atoms with Gasteiger partial charge in [0, 0.05) is 17.3 Å². The molecular formula is C10H10ClN3S. The number of halogens is 1. The normalized spacial score (nSPS) is 10.3. The van der Waals surface area contributed by atoms with Crippen molar-refractivity contribution in [2.75, 3.05) is 5.32 Å². The number of aromatic nitrogens is 2. The average molecular weight is 240 g/mol. The van der Waals surface area contributed by atoms with Crippen LogP contribution >= 0.6 is 22.9 Å². The van der Waals surface area contributed by atoms with E-state index in [2.05, 4.69) is 15.3 Å². The van der Waals surface area contributed by atoms with Gasteiger partial charge < -0.3 is 5.32 Å². The van der Waals surface area contributed by atoms with E-state index in [0.29, 0.717) is 11.7 Å². The standard InChI is InChI=1S/C10H10ClN3S/c1-7-6-15-9(14-7)5-13-8-3-2-4-12-10(8)11/h2-4,6,13H,5H2,1H3. The third-order valence-corrected chi connectivity index (χ3v) is 3.12. The van der Waals surface area contributed by atoms with Crippen molar-refractivity contribution in [2.24, 2.45) is 0 Å². The van der Waals surface area contributed by atoms with Crippen LogP contribution in [0.3, 0.4) is 0 Å². The third kappa shape index (κ3) is 2.67. The summed E-state index contributed by atoms with van der Waals surface area (Å²) in [6.07, 6.45) is 1.67. The van der Waals surface area contributed by atoms with E-state index in [0.717, 1.165) is 16.4 Å². The van der Waals surface area contributed by atoms with Crippen LogP contribution in [0.1, 0.15) is 10.7 Å². The molecule has 15 heavy (non-hydrogen) atoms. The van der Waals surface area contributed by atoms with Gasteiger partial charge in [-0.2, -0.15) is 0 Å². The summed E-state index contributed by atoms with van der Waals surface area (Å²) in [6.45, 7) is 2.67. The van der Waals surface area contributed by atoms with Gasteiger partial charge in [-0.15, -0.1) is 11.3 Å². The van der Waals surface area contributed by atoms with Crippen LogP contribution in [0.5, 0.6) is 0 Å². The molecule has 3 nitrogen and oxygen atoms in total. The van der Waals surface area contributed by atoms with Crippen LogP contribution in [0.4, 0.5) is 5.69 Å². The molecule has 0 aliphatic heterocycles. The molecule has 0 bridgehead atoms. The Kier molecular flexibility index (Phi) is 3.18. The van der Waals surface area contributed by atoms with Crippen LogP contribution in [-0.4, -0.2) is 9.97 Å². The molecule has 2 heterocycles. The molecule has 0 amide bonds. The molecule has 0 atom stereocenters. The summed E-state index contributed by atoms with van der Waals surface area (Å²) in [5.41, 5.74) is 1.89. The second-order valence-electron chi connectivity index (χ2n) is 3.08. The van der Waals surface area contributed by atoms with Crippen LogP contribution in [0.2, 0.25) is 5.15 Å². The van der Waals surface area contributed by atoms with Crippen molar-refractivity contribution in [3.05, 3.63) is 39.6 Å². The van der Waals surface area contributed by atoms with E-state index in [-0.39, 0.29) is 0 Å². The van der Waals surface area contributed by atoms with Crippen molar-refractivity contribution in [3.8, 4) is 0 Å². The lowest BCUT2D eigenvalue weighted by molar-refractivity contribution is 1.07. The minimum Gasteiger partial charge on any atom is -0.376 e. The molecule has 1 N–H and O–H groups in total. The highest BCUT2D eigenvalue weighted by Crippen LogP contribution is 2.19. The largest absolute Gasteiger partial charge is 0.376 e. The van der Waals surface area contributed by atoms with Crippen molar-refractivity contribution < 1.29 is 0 Å². The minimum atomic E-state index is 0.491. The molecule has 2 aromatic heterocycles. The topological polar surface area (TPSA) is 37.8 Å². The average Bonchev–Trinajstić information content (AvgIpc) is 2.63. The number of nitrogens with zero attached hydrogens (tertiary/aromatic N) is 2. The van der Waals surface area contributed by atoms with Gasteiger partial charge in [0.15, 0.2) is 5.15 Å². The SMILES string of the molecule is Cc1csc(CNc2cccnc2Cl)n1. The zero-order chi connectivity index (χ0) is 10.7. The Morgan fingerprint density at radius 2 is 2.40 bits per heavy atom. The summed E-state index contributed by atoms with van der Waals surface area (Å²) >= 11 is 7.54. The highest BCUT2D eigenvalue weighted by molar-refractivity contribution is 7.09. The number of rotatable bonds is 3. The van der Waals surface area contributed by atoms with Crippen LogP contribution in [0, 0.1) is 6.92 Å². The van der Waals surface area contributed by atoms with Gasteiger partial charge in [-0.05, 0) is 19.1 Å². The molecule has 0 saturated carbocycles. The predicted octanol–water partition coefficient (Wildman–Crippen LogP) is 3.11. The Balaban J connectivity index is 2.02. The van der Waals surface area contributed by atoms with Crippen molar-refractivity contribution in [1.29, 1.82) is 0 Å². The van der Waals surface area contributed by atoms with E-state index in [1.807, 2.05) is 24.4 Å². The highest BCUT2D eigenvalue weighted by Gasteiger charge is 2.01. The van der Waals surface area contributed by atoms with E-state index < -0.39 is 0 Å². The van der Waals surface area contributed by atoms with Crippen molar-refractivity contribution in [2.45, 2.75) is 13.5 Å². The Morgan fingerprint density at radius 3 is 3.07 bits per heavy atom. The Bertz CT molecular complexity index is 455. The van der Waals surface area contributed by atoms with Crippen LogP contribution < -0.4 is 5.32 Å². The molecule has 0 radical (unpaired) electrons. The number of hydrogen-bond donors (Lipinski definition) is 1. The van der Waals surface area contributed by atoms with E-state index in [1.165, 1.54) is 0 Å². The maximum absolute atomic E-state index is 5.91. The third-order valence-electron chi connectivity index (χ3n) is 1.86. The monoisotopic (exact) mass is 239 g/mol. The van der Waals surface area contributed by atoms with Gasteiger partial charge >= 0.3 is 0 Å². The van der Waals surface area contributed by atoms with Gasteiger partial charge in [-0.3, -0.25) is 0 Å². The molecule has 0 spiro atoms. The molecule has 0 unspecified atom stereocenters. The van der Waals surface area contributed by atoms with Crippen LogP contribution in [0.25, 0.3) is 0 Å². The maximum Gasteiger partial charge on any atom is 0.152 e. The fraction of sp³-hybridized carbons (Fsp3) is 0.200. The van der Waals surface area contributed by atoms with Gasteiger partial charge in [-0.1, -0.05) is 11.6 Å². The zero-order valence-corrected chi connectivity index (χ0v) is 9.77. The lowest BCUT2D eigenvalue weighted by Crippen LogP contribution is -2.00. The van der Waals surface area contributed by atoms with Crippen LogP contribution in [-0.2, 0) is 6.54 Å². The van der Waals surface area contributed by atoms with Gasteiger partial charge in [0.05, 0.1) is 12.2 Å². The summed E-state index contributed by atoms with van der Waals surface area (Å²) in [6, 6.07) is 3.75. The van der Waals surface area contributed by atoms with Crippen molar-refractivity contribution in [1.82, 2.24) is 9.97 Å². The molecule has 0 aromatic carbocycles. The summed E-state index contributed by atoms with van der Waals surface area (Å²) in [7, 11) is 0. The first-order chi connectivity index (χ1) is 7.25. The number of nitrogens with one attached hydrogen (secondary N) is 1. The molecule has 2 rings (SSSR count). The lowest BCUT2D eigenvalue weighted by atomic mass is 10.4. The predicted molar refractivity (Wildman–Crippen MR) is 63.4 cm³/mol. The van der Waals surface area contributed by atoms with Gasteiger partial charge in [0.1, 0.15) is 5.01 Å². The second-order valence-corrected chi connectivity index (χ2v) is 4.38. The number of aryl methyl sites for hydroxylation is 1. The van der Waals surface area contributed by atoms with Crippen molar-refractivity contribution >= 4 is 28.6 Å². The highest BCUT2D eigenvalue weighted by atomic mass is 35.5. The molecule has 2 aromatic rings. The smallest absolute Gasteiger partial charge is 0.152 e. The van der Waals surface area contributed by atoms with Gasteiger partial charge in [0.2, 0.25) is 0 Å². The summed E-state index contributed by atoms with van der Waals surface area (Å²) in [5.74, 6) is 0. The zero-order valence-electron chi connectivity index (χ0n) is 8.20. The Hall–Kier alpha value is -1.13. The van der Waals surface area contributed by atoms with Gasteiger partial charge in [0.25, 0.3) is 0 Å². The van der Waals surface area contributed by atoms with E-state index >= 15 is 0 Å². The fourth-order valence-electron chi connectivity index (χ4n) is 1.17. The lowest BCUT2D eigenvalue weighted by Gasteiger charge is -2.04. The number of anilines is 1. The Labute approximate surface area is 97.2 Å². The van der Waals surface area contributed by atoms with E-state index in [4.69, 9.17) is 11.6 Å². The van der Waals surface area contributed by atoms with Crippen LogP contribution in [0.15, 0.2) is 23.7 Å². The quantitative estimate of drug-likeness (QED) is 0.837. The molecule has 0 fully saturated rings. The fourth-order valence-corrected chi connectivity index (χ4v) is 2.07. The van der Waals surface area contributed by atoms with Crippen molar-refractivity contribution in [3.63, 3.8) is 0 Å². The second kappa shape index (κ2) is 4.59. The summed E-state index contributed by atoms with van der Waals surface area (Å²) in [5, 5.41) is 6.77. The first-order valence-electron chi connectivity index (χ1n) is 4.51. The molecule has 78 valence electrons. The summed E-state index contributed by atoms with van der Waals surface area (Å²) < 4.78 is 0. The first-order valence-corrected chi connectivity index (χ1v) is 5.77. The molecule has 0 saturated heterocycles. The Morgan fingerprint density at radius 1 is 1.53 bits per heavy atom. The number of pyridine rings is 1. The number of thiazole rings is 1. The molecule has 0 aliphatic carbocycles. The number of hydrogen-bond acceptors (Lipinski definition) is 4. The van der Waals surface area contributed by atoms with E-state index in [9.17, 15) is 0 Å². The van der Waals surface area contributed by atoms with Gasteiger partial charge in [-0.25, -0.2) is 9.97 Å². The maximum atomic E-state index is 5.91. The molecule has 5 heteroatoms. The molecule has 0 aliphatic rings. The molecular weight excluding hydrogens is 230 g/mol. The first kappa shape index (κ1) is 10.4.